The van der Waals surface area contributed by atoms with Crippen LogP contribution >= 0.6 is 0 Å². The summed E-state index contributed by atoms with van der Waals surface area (Å²) in [5, 5.41) is 2.53. The van der Waals surface area contributed by atoms with Crippen LogP contribution in [0.25, 0.3) is 0 Å². The smallest absolute Gasteiger partial charge is 0.182 e. The van der Waals surface area contributed by atoms with Gasteiger partial charge in [-0.15, -0.1) is 0 Å². The van der Waals surface area contributed by atoms with E-state index in [1.165, 1.54) is 26.4 Å². The minimum Gasteiger partial charge on any atom is -0.493 e. The van der Waals surface area contributed by atoms with Crippen molar-refractivity contribution in [2.45, 2.75) is 0 Å². The largest absolute Gasteiger partial charge is 0.493 e. The van der Waals surface area contributed by atoms with Gasteiger partial charge in [-0.2, -0.15) is 0 Å². The molecular weight excluding hydrogens is 285 g/mol. The standard InChI is InChI=1S/C14H13F3N2O2/c1-20-12-5-9(18)10(6-13(12)21-2)19-11-4-7(15)3-8(16)14(11)17/h3-6,19H,18H2,1-2H3. The molecular formula is C14H13F3N2O2. The van der Waals surface area contributed by atoms with Crippen molar-refractivity contribution in [1.29, 1.82) is 0 Å². The number of rotatable bonds is 4. The molecule has 3 N–H and O–H groups in total. The van der Waals surface area contributed by atoms with Gasteiger partial charge in [-0.1, -0.05) is 0 Å². The van der Waals surface area contributed by atoms with E-state index >= 15 is 0 Å². The number of hydrogen-bond acceptors (Lipinski definition) is 4. The second-order valence-corrected chi connectivity index (χ2v) is 4.17. The molecule has 4 nitrogen and oxygen atoms in total. The Morgan fingerprint density at radius 1 is 0.905 bits per heavy atom. The highest BCUT2D eigenvalue weighted by Gasteiger charge is 2.14. The van der Waals surface area contributed by atoms with Crippen LogP contribution in [0.3, 0.4) is 0 Å². The molecule has 0 radical (unpaired) electrons. The molecule has 0 saturated heterocycles. The van der Waals surface area contributed by atoms with Crippen LogP contribution in [-0.4, -0.2) is 14.2 Å². The number of methoxy groups -OCH3 is 2. The van der Waals surface area contributed by atoms with Crippen molar-refractivity contribution in [2.24, 2.45) is 0 Å². The van der Waals surface area contributed by atoms with E-state index in [1.807, 2.05) is 0 Å². The van der Waals surface area contributed by atoms with E-state index in [4.69, 9.17) is 15.2 Å². The predicted molar refractivity (Wildman–Crippen MR) is 73.6 cm³/mol. The number of nitrogen functional groups attached to an aromatic ring is 1. The quantitative estimate of drug-likeness (QED) is 0.670. The van der Waals surface area contributed by atoms with Crippen molar-refractivity contribution < 1.29 is 22.6 Å². The van der Waals surface area contributed by atoms with E-state index in [-0.39, 0.29) is 17.1 Å². The first-order valence-corrected chi connectivity index (χ1v) is 5.89. The van der Waals surface area contributed by atoms with E-state index in [1.54, 1.807) is 0 Å². The predicted octanol–water partition coefficient (Wildman–Crippen LogP) is 3.45. The molecule has 2 aromatic carbocycles. The molecule has 0 unspecified atom stereocenters. The molecule has 112 valence electrons. The number of hydrogen-bond donors (Lipinski definition) is 2. The Balaban J connectivity index is 2.45. The molecule has 21 heavy (non-hydrogen) atoms. The van der Waals surface area contributed by atoms with Crippen LogP contribution < -0.4 is 20.5 Å². The third-order valence-corrected chi connectivity index (χ3v) is 2.82. The topological polar surface area (TPSA) is 56.5 Å². The lowest BCUT2D eigenvalue weighted by molar-refractivity contribution is 0.355. The van der Waals surface area contributed by atoms with Gasteiger partial charge in [0.25, 0.3) is 0 Å². The molecule has 0 fully saturated rings. The van der Waals surface area contributed by atoms with E-state index in [9.17, 15) is 13.2 Å². The SMILES string of the molecule is COc1cc(N)c(Nc2cc(F)cc(F)c2F)cc1OC. The average molecular weight is 298 g/mol. The summed E-state index contributed by atoms with van der Waals surface area (Å²) < 4.78 is 50.1. The summed E-state index contributed by atoms with van der Waals surface area (Å²) in [5.74, 6) is -2.68. The van der Waals surface area contributed by atoms with Crippen LogP contribution in [0, 0.1) is 17.5 Å². The van der Waals surface area contributed by atoms with Crippen LogP contribution in [0.4, 0.5) is 30.2 Å². The molecule has 7 heteroatoms. The Bertz CT molecular complexity index is 678. The maximum absolute atomic E-state index is 13.6. The monoisotopic (exact) mass is 298 g/mol. The third kappa shape index (κ3) is 2.96. The van der Waals surface area contributed by atoms with Crippen molar-refractivity contribution >= 4 is 17.1 Å². The van der Waals surface area contributed by atoms with Gasteiger partial charge in [-0.05, 0) is 0 Å². The molecule has 0 heterocycles. The molecule has 0 bridgehead atoms. The number of ether oxygens (including phenoxy) is 2. The summed E-state index contributed by atoms with van der Waals surface area (Å²) in [7, 11) is 2.85. The van der Waals surface area contributed by atoms with Gasteiger partial charge in [0.1, 0.15) is 5.82 Å². The fourth-order valence-corrected chi connectivity index (χ4v) is 1.79. The van der Waals surface area contributed by atoms with E-state index in [0.717, 1.165) is 6.07 Å². The number of anilines is 3. The van der Waals surface area contributed by atoms with E-state index in [0.29, 0.717) is 17.6 Å². The van der Waals surface area contributed by atoms with Crippen molar-refractivity contribution in [3.63, 3.8) is 0 Å². The molecule has 0 spiro atoms. The highest BCUT2D eigenvalue weighted by molar-refractivity contribution is 5.76. The Morgan fingerprint density at radius 2 is 1.52 bits per heavy atom. The summed E-state index contributed by atoms with van der Waals surface area (Å²) in [6, 6.07) is 4.18. The Kier molecular flexibility index (Phi) is 4.11. The van der Waals surface area contributed by atoms with Gasteiger partial charge in [0.15, 0.2) is 23.1 Å². The molecule has 0 atom stereocenters. The molecule has 2 aromatic rings. The Labute approximate surface area is 119 Å². The average Bonchev–Trinajstić information content (AvgIpc) is 2.45. The molecule has 0 saturated carbocycles. The lowest BCUT2D eigenvalue weighted by atomic mass is 10.2. The highest BCUT2D eigenvalue weighted by atomic mass is 19.2. The first-order valence-electron chi connectivity index (χ1n) is 5.89. The first kappa shape index (κ1) is 14.8. The molecule has 0 aliphatic carbocycles. The Hall–Kier alpha value is -2.57. The van der Waals surface area contributed by atoms with Gasteiger partial charge >= 0.3 is 0 Å². The Morgan fingerprint density at radius 3 is 2.14 bits per heavy atom. The maximum Gasteiger partial charge on any atom is 0.182 e. The minimum absolute atomic E-state index is 0.205. The zero-order valence-corrected chi connectivity index (χ0v) is 11.3. The van der Waals surface area contributed by atoms with Crippen molar-refractivity contribution in [1.82, 2.24) is 0 Å². The van der Waals surface area contributed by atoms with Crippen molar-refractivity contribution in [2.75, 3.05) is 25.3 Å². The van der Waals surface area contributed by atoms with Crippen LogP contribution in [0.1, 0.15) is 0 Å². The maximum atomic E-state index is 13.6. The summed E-state index contributed by atoms with van der Waals surface area (Å²) in [4.78, 5) is 0. The van der Waals surface area contributed by atoms with Crippen molar-refractivity contribution in [3.05, 3.63) is 41.7 Å². The van der Waals surface area contributed by atoms with Crippen molar-refractivity contribution in [3.8, 4) is 11.5 Å². The number of halogens is 3. The van der Waals surface area contributed by atoms with Gasteiger partial charge < -0.3 is 20.5 Å². The number of benzene rings is 2. The van der Waals surface area contributed by atoms with Gasteiger partial charge in [-0.25, -0.2) is 13.2 Å². The summed E-state index contributed by atoms with van der Waals surface area (Å²) in [6.07, 6.45) is 0. The zero-order valence-electron chi connectivity index (χ0n) is 11.3. The van der Waals surface area contributed by atoms with Crippen LogP contribution in [0.2, 0.25) is 0 Å². The van der Waals surface area contributed by atoms with Gasteiger partial charge in [0, 0.05) is 24.3 Å². The molecule has 0 aromatic heterocycles. The number of nitrogens with two attached hydrogens (primary N) is 1. The fraction of sp³-hybridized carbons (Fsp3) is 0.143. The lowest BCUT2D eigenvalue weighted by Gasteiger charge is -2.14. The van der Waals surface area contributed by atoms with E-state index < -0.39 is 17.5 Å². The lowest BCUT2D eigenvalue weighted by Crippen LogP contribution is -2.02. The molecule has 0 aliphatic heterocycles. The minimum atomic E-state index is -1.29. The number of nitrogens with one attached hydrogen (secondary N) is 1. The van der Waals surface area contributed by atoms with Gasteiger partial charge in [0.2, 0.25) is 0 Å². The molecule has 0 amide bonds. The van der Waals surface area contributed by atoms with Gasteiger partial charge in [-0.3, -0.25) is 0 Å². The van der Waals surface area contributed by atoms with Crippen LogP contribution in [0.15, 0.2) is 24.3 Å². The van der Waals surface area contributed by atoms with Gasteiger partial charge in [0.05, 0.1) is 31.3 Å². The van der Waals surface area contributed by atoms with Crippen LogP contribution in [0.5, 0.6) is 11.5 Å². The fourth-order valence-electron chi connectivity index (χ4n) is 1.79. The second kappa shape index (κ2) is 5.82. The first-order chi connectivity index (χ1) is 9.96. The van der Waals surface area contributed by atoms with Crippen LogP contribution in [-0.2, 0) is 0 Å². The molecule has 0 aliphatic rings. The summed E-state index contributed by atoms with van der Waals surface area (Å²) in [6.45, 7) is 0. The summed E-state index contributed by atoms with van der Waals surface area (Å²) >= 11 is 0. The zero-order chi connectivity index (χ0) is 15.6. The highest BCUT2D eigenvalue weighted by Crippen LogP contribution is 2.36. The van der Waals surface area contributed by atoms with E-state index in [2.05, 4.69) is 5.32 Å². The second-order valence-electron chi connectivity index (χ2n) is 4.17. The third-order valence-electron chi connectivity index (χ3n) is 2.82. The molecule has 2 rings (SSSR count). The normalized spacial score (nSPS) is 10.3. The summed E-state index contributed by atoms with van der Waals surface area (Å²) in [5.41, 5.74) is 5.86.